The summed E-state index contributed by atoms with van der Waals surface area (Å²) in [7, 11) is 1.53. The van der Waals surface area contributed by atoms with Crippen molar-refractivity contribution in [2.24, 2.45) is 4.99 Å². The maximum Gasteiger partial charge on any atom is 0.434 e. The van der Waals surface area contributed by atoms with Gasteiger partial charge in [-0.3, -0.25) is 4.99 Å². The van der Waals surface area contributed by atoms with E-state index in [2.05, 4.69) is 30.8 Å². The van der Waals surface area contributed by atoms with E-state index in [1.54, 1.807) is 24.3 Å². The molecule has 3 rings (SSSR count). The van der Waals surface area contributed by atoms with E-state index >= 15 is 0 Å². The fourth-order valence-corrected chi connectivity index (χ4v) is 3.06. The number of nitrogens with zero attached hydrogens (tertiary/aromatic N) is 4. The molecule has 2 heterocycles. The zero-order valence-electron chi connectivity index (χ0n) is 14.4. The van der Waals surface area contributed by atoms with E-state index in [0.717, 1.165) is 16.7 Å². The minimum absolute atomic E-state index is 0.0953. The van der Waals surface area contributed by atoms with Crippen molar-refractivity contribution in [1.29, 1.82) is 0 Å². The van der Waals surface area contributed by atoms with Crippen LogP contribution in [0.4, 0.5) is 13.2 Å². The summed E-state index contributed by atoms with van der Waals surface area (Å²) >= 11 is 6.86. The Morgan fingerprint density at radius 1 is 1.25 bits per heavy atom. The van der Waals surface area contributed by atoms with Gasteiger partial charge in [0.05, 0.1) is 13.1 Å². The lowest BCUT2D eigenvalue weighted by atomic mass is 10.2. The molecule has 0 aliphatic heterocycles. The number of thiazole rings is 1. The first-order valence-corrected chi connectivity index (χ1v) is 9.15. The summed E-state index contributed by atoms with van der Waals surface area (Å²) in [5.41, 5.74) is -0.189. The van der Waals surface area contributed by atoms with Crippen LogP contribution in [0, 0.1) is 0 Å². The molecule has 0 fully saturated rings. The predicted molar refractivity (Wildman–Crippen MR) is 98.9 cm³/mol. The molecule has 0 saturated heterocycles. The average molecular weight is 431 g/mol. The molecule has 0 unspecified atom stereocenters. The second kappa shape index (κ2) is 8.57. The van der Waals surface area contributed by atoms with Crippen LogP contribution in [0.1, 0.15) is 16.6 Å². The summed E-state index contributed by atoms with van der Waals surface area (Å²) in [6.45, 7) is 0.275. The van der Waals surface area contributed by atoms with Gasteiger partial charge in [-0.1, -0.05) is 28.9 Å². The van der Waals surface area contributed by atoms with Gasteiger partial charge in [-0.25, -0.2) is 4.98 Å². The Labute approximate surface area is 166 Å². The van der Waals surface area contributed by atoms with Crippen LogP contribution >= 0.6 is 22.9 Å². The fraction of sp³-hybridized carbons (Fsp3) is 0.250. The van der Waals surface area contributed by atoms with Crippen LogP contribution in [-0.4, -0.2) is 28.1 Å². The quantitative estimate of drug-likeness (QED) is 0.473. The zero-order chi connectivity index (χ0) is 20.1. The van der Waals surface area contributed by atoms with Gasteiger partial charge in [0.1, 0.15) is 5.01 Å². The molecular formula is C16H14ClF3N6OS. The highest BCUT2D eigenvalue weighted by molar-refractivity contribution is 7.09. The van der Waals surface area contributed by atoms with Gasteiger partial charge in [0, 0.05) is 23.0 Å². The van der Waals surface area contributed by atoms with E-state index in [-0.39, 0.29) is 18.1 Å². The van der Waals surface area contributed by atoms with Crippen LogP contribution in [0.3, 0.4) is 0 Å². The van der Waals surface area contributed by atoms with Crippen molar-refractivity contribution < 1.29 is 17.7 Å². The first kappa shape index (κ1) is 20.1. The van der Waals surface area contributed by atoms with Crippen LogP contribution in [0.25, 0.3) is 11.4 Å². The molecule has 0 saturated carbocycles. The Morgan fingerprint density at radius 2 is 2.04 bits per heavy atom. The topological polar surface area (TPSA) is 88.2 Å². The molecule has 3 aromatic rings. The molecule has 12 heteroatoms. The minimum Gasteiger partial charge on any atom is -0.350 e. The van der Waals surface area contributed by atoms with Crippen molar-refractivity contribution in [2.75, 3.05) is 7.05 Å². The number of alkyl halides is 3. The van der Waals surface area contributed by atoms with Gasteiger partial charge in [-0.05, 0) is 12.1 Å². The minimum atomic E-state index is -4.45. The number of guanidine groups is 1. The van der Waals surface area contributed by atoms with E-state index < -0.39 is 11.9 Å². The molecule has 2 aromatic heterocycles. The zero-order valence-corrected chi connectivity index (χ0v) is 16.0. The van der Waals surface area contributed by atoms with E-state index in [0.29, 0.717) is 28.3 Å². The molecule has 28 heavy (non-hydrogen) atoms. The number of aliphatic imine (C=N–C) groups is 1. The van der Waals surface area contributed by atoms with Crippen molar-refractivity contribution in [3.8, 4) is 11.4 Å². The molecule has 0 spiro atoms. The lowest BCUT2D eigenvalue weighted by Gasteiger charge is -2.08. The highest BCUT2D eigenvalue weighted by Gasteiger charge is 2.33. The van der Waals surface area contributed by atoms with Crippen molar-refractivity contribution in [1.82, 2.24) is 25.8 Å². The molecular weight excluding hydrogens is 417 g/mol. The van der Waals surface area contributed by atoms with Gasteiger partial charge in [0.25, 0.3) is 0 Å². The molecule has 0 bridgehead atoms. The molecule has 1 aromatic carbocycles. The standard InChI is InChI=1S/C16H14ClF3N6OS/c1-21-15(23-7-13-24-11(8-28-13)16(18,19)20)22-6-12-25-14(26-27-12)9-3-2-4-10(17)5-9/h2-5,8H,6-7H2,1H3,(H2,21,22,23). The number of aromatic nitrogens is 3. The molecule has 0 atom stereocenters. The van der Waals surface area contributed by atoms with Crippen LogP contribution in [-0.2, 0) is 19.3 Å². The van der Waals surface area contributed by atoms with Gasteiger partial charge < -0.3 is 15.2 Å². The van der Waals surface area contributed by atoms with Crippen molar-refractivity contribution in [2.45, 2.75) is 19.3 Å². The Kier molecular flexibility index (Phi) is 6.15. The highest BCUT2D eigenvalue weighted by Crippen LogP contribution is 2.29. The third-order valence-electron chi connectivity index (χ3n) is 3.43. The maximum atomic E-state index is 12.6. The molecule has 0 amide bonds. The molecule has 2 N–H and O–H groups in total. The van der Waals surface area contributed by atoms with E-state index in [1.807, 2.05) is 0 Å². The number of hydrogen-bond donors (Lipinski definition) is 2. The molecule has 148 valence electrons. The number of rotatable bonds is 5. The van der Waals surface area contributed by atoms with Gasteiger partial charge >= 0.3 is 6.18 Å². The molecule has 0 aliphatic rings. The molecule has 7 nitrogen and oxygen atoms in total. The van der Waals surface area contributed by atoms with E-state index in [9.17, 15) is 13.2 Å². The third kappa shape index (κ3) is 5.20. The Bertz CT molecular complexity index is 971. The molecule has 0 radical (unpaired) electrons. The third-order valence-corrected chi connectivity index (χ3v) is 4.51. The molecule has 0 aliphatic carbocycles. The Balaban J connectivity index is 1.54. The van der Waals surface area contributed by atoms with Gasteiger partial charge in [0.2, 0.25) is 11.7 Å². The van der Waals surface area contributed by atoms with Gasteiger partial charge in [-0.15, -0.1) is 11.3 Å². The van der Waals surface area contributed by atoms with Crippen LogP contribution < -0.4 is 10.6 Å². The van der Waals surface area contributed by atoms with Crippen molar-refractivity contribution in [3.63, 3.8) is 0 Å². The number of nitrogens with one attached hydrogen (secondary N) is 2. The Hall–Kier alpha value is -2.66. The first-order chi connectivity index (χ1) is 13.3. The van der Waals surface area contributed by atoms with Gasteiger partial charge in [-0.2, -0.15) is 18.2 Å². The maximum absolute atomic E-state index is 12.6. The second-order valence-corrected chi connectivity index (χ2v) is 6.80. The summed E-state index contributed by atoms with van der Waals surface area (Å²) < 4.78 is 42.9. The van der Waals surface area contributed by atoms with Crippen molar-refractivity contribution >= 4 is 28.9 Å². The summed E-state index contributed by atoms with van der Waals surface area (Å²) in [6, 6.07) is 7.04. The largest absolute Gasteiger partial charge is 0.434 e. The van der Waals surface area contributed by atoms with Crippen LogP contribution in [0.5, 0.6) is 0 Å². The summed E-state index contributed by atoms with van der Waals surface area (Å²) in [6.07, 6.45) is -4.45. The van der Waals surface area contributed by atoms with E-state index in [4.69, 9.17) is 16.1 Å². The predicted octanol–water partition coefficient (Wildman–Crippen LogP) is 3.73. The summed E-state index contributed by atoms with van der Waals surface area (Å²) in [4.78, 5) is 11.8. The lowest BCUT2D eigenvalue weighted by Crippen LogP contribution is -2.36. The summed E-state index contributed by atoms with van der Waals surface area (Å²) in [5.74, 6) is 1.06. The van der Waals surface area contributed by atoms with Crippen LogP contribution in [0.15, 0.2) is 39.2 Å². The monoisotopic (exact) mass is 430 g/mol. The van der Waals surface area contributed by atoms with Gasteiger partial charge in [0.15, 0.2) is 11.7 Å². The fourth-order valence-electron chi connectivity index (χ4n) is 2.13. The SMILES string of the molecule is CN=C(NCc1nc(-c2cccc(Cl)c2)no1)NCc1nc(C(F)(F)F)cs1. The van der Waals surface area contributed by atoms with Crippen LogP contribution in [0.2, 0.25) is 5.02 Å². The smallest absolute Gasteiger partial charge is 0.350 e. The second-order valence-electron chi connectivity index (χ2n) is 5.43. The highest BCUT2D eigenvalue weighted by atomic mass is 35.5. The van der Waals surface area contributed by atoms with Crippen molar-refractivity contribution in [3.05, 3.63) is 51.3 Å². The number of hydrogen-bond acceptors (Lipinski definition) is 6. The first-order valence-electron chi connectivity index (χ1n) is 7.90. The number of benzene rings is 1. The number of halogens is 4. The van der Waals surface area contributed by atoms with E-state index in [1.165, 1.54) is 7.05 Å². The lowest BCUT2D eigenvalue weighted by molar-refractivity contribution is -0.140. The average Bonchev–Trinajstić information content (AvgIpc) is 3.31. The Morgan fingerprint density at radius 3 is 2.71 bits per heavy atom. The normalized spacial score (nSPS) is 12.2. The summed E-state index contributed by atoms with van der Waals surface area (Å²) in [5, 5.41) is 11.5.